The smallest absolute Gasteiger partial charge is 0.352 e. The molecule has 0 unspecified atom stereocenters. The predicted molar refractivity (Wildman–Crippen MR) is 164 cm³/mol. The third kappa shape index (κ3) is 5.32. The fraction of sp³-hybridized carbons (Fsp3) is 0.600. The zero-order valence-corrected chi connectivity index (χ0v) is 26.0. The number of esters is 1. The molecular formula is C35H44N2O7. The van der Waals surface area contributed by atoms with Gasteiger partial charge in [0.2, 0.25) is 5.91 Å². The fourth-order valence-corrected chi connectivity index (χ4v) is 9.35. The molecule has 3 saturated carbocycles. The van der Waals surface area contributed by atoms with Crippen molar-refractivity contribution in [1.29, 1.82) is 0 Å². The van der Waals surface area contributed by atoms with Crippen LogP contribution < -0.4 is 10.1 Å². The molecule has 6 atom stereocenters. The van der Waals surface area contributed by atoms with Gasteiger partial charge in [0, 0.05) is 35.7 Å². The van der Waals surface area contributed by atoms with Crippen molar-refractivity contribution in [3.63, 3.8) is 0 Å². The summed E-state index contributed by atoms with van der Waals surface area (Å²) in [5.74, 6) is 0.928. The maximum atomic E-state index is 12.9. The molecule has 3 fully saturated rings. The maximum Gasteiger partial charge on any atom is 0.352 e. The van der Waals surface area contributed by atoms with Gasteiger partial charge in [-0.25, -0.2) is 4.79 Å². The zero-order valence-electron chi connectivity index (χ0n) is 26.0. The average molecular weight is 605 g/mol. The molecule has 0 radical (unpaired) electrons. The number of methoxy groups -OCH3 is 1. The molecule has 1 aromatic carbocycles. The van der Waals surface area contributed by atoms with Crippen LogP contribution >= 0.6 is 0 Å². The highest BCUT2D eigenvalue weighted by atomic mass is 16.5. The van der Waals surface area contributed by atoms with E-state index in [2.05, 4.69) is 24.1 Å². The van der Waals surface area contributed by atoms with Gasteiger partial charge >= 0.3 is 11.9 Å². The number of rotatable bonds is 9. The molecular weight excluding hydrogens is 560 g/mol. The minimum Gasteiger partial charge on any atom is -0.497 e. The van der Waals surface area contributed by atoms with Crippen molar-refractivity contribution in [3.05, 3.63) is 41.1 Å². The van der Waals surface area contributed by atoms with Gasteiger partial charge in [0.15, 0.2) is 5.78 Å². The number of allylic oxidation sites excluding steroid dienone is 1. The van der Waals surface area contributed by atoms with Crippen molar-refractivity contribution in [3.8, 4) is 5.75 Å². The van der Waals surface area contributed by atoms with Gasteiger partial charge in [0.1, 0.15) is 17.5 Å². The number of ether oxygens (including phenoxy) is 2. The Labute approximate surface area is 258 Å². The number of amides is 1. The Bertz CT molecular complexity index is 1520. The van der Waals surface area contributed by atoms with Crippen LogP contribution in [0.5, 0.6) is 5.75 Å². The molecule has 1 amide bonds. The molecule has 0 aliphatic heterocycles. The monoisotopic (exact) mass is 604 g/mol. The van der Waals surface area contributed by atoms with Gasteiger partial charge in [-0.2, -0.15) is 0 Å². The number of ketones is 1. The number of nitrogens with one attached hydrogen (secondary N) is 2. The quantitative estimate of drug-likeness (QED) is 0.310. The summed E-state index contributed by atoms with van der Waals surface area (Å²) in [7, 11) is 1.55. The largest absolute Gasteiger partial charge is 0.497 e. The second-order valence-corrected chi connectivity index (χ2v) is 13.9. The molecule has 4 aliphatic carbocycles. The standard InChI is InChI=1S/C35H44N2O7/c1-34-15-12-21(38)18-20(34)4-6-24-26-7-9-29(35(26,2)16-13-27(24)34)44-31(40)11-10-30(39)36-17-14-23-25-19-22(43-3)5-8-28(25)37-32(23)33(41)42/h5,8,18-19,24,26-27,29,37H,4,6-7,9-17H2,1-3H3,(H,36,39)(H,41,42)/t24-,26+,27-,29+,34-,35-/m0/s1. The van der Waals surface area contributed by atoms with E-state index in [0.29, 0.717) is 47.4 Å². The van der Waals surface area contributed by atoms with Crippen molar-refractivity contribution in [1.82, 2.24) is 10.3 Å². The SMILES string of the molecule is COc1ccc2[nH]c(C(=O)O)c(CCNC(=O)CCC(=O)O[C@@H]3CC[C@@H]4[C@@H]5CCC6=CC(=O)CC[C@]6(C)[C@H]5CC[C@@]43C)c2c1. The maximum absolute atomic E-state index is 12.9. The van der Waals surface area contributed by atoms with Crippen molar-refractivity contribution in [2.24, 2.45) is 28.6 Å². The third-order valence-electron chi connectivity index (χ3n) is 11.7. The van der Waals surface area contributed by atoms with Crippen LogP contribution in [-0.4, -0.2) is 53.5 Å². The average Bonchev–Trinajstić information content (AvgIpc) is 3.53. The highest BCUT2D eigenvalue weighted by Crippen LogP contribution is 2.65. The Balaban J connectivity index is 1.01. The van der Waals surface area contributed by atoms with Gasteiger partial charge < -0.3 is 24.9 Å². The summed E-state index contributed by atoms with van der Waals surface area (Å²) in [6, 6.07) is 5.32. The molecule has 0 saturated heterocycles. The van der Waals surface area contributed by atoms with Crippen molar-refractivity contribution in [2.45, 2.75) is 90.6 Å². The molecule has 9 heteroatoms. The molecule has 44 heavy (non-hydrogen) atoms. The number of H-pyrrole nitrogens is 1. The molecule has 1 aromatic heterocycles. The lowest BCUT2D eigenvalue weighted by Gasteiger charge is -2.57. The van der Waals surface area contributed by atoms with E-state index in [-0.39, 0.29) is 59.7 Å². The molecule has 236 valence electrons. The summed E-state index contributed by atoms with van der Waals surface area (Å²) in [6.45, 7) is 4.92. The molecule has 2 aromatic rings. The second-order valence-electron chi connectivity index (χ2n) is 13.9. The van der Waals surface area contributed by atoms with Gasteiger partial charge in [-0.05, 0) is 104 Å². The Kier molecular flexibility index (Phi) is 8.09. The van der Waals surface area contributed by atoms with Gasteiger partial charge in [0.05, 0.1) is 13.5 Å². The lowest BCUT2D eigenvalue weighted by atomic mass is 9.47. The van der Waals surface area contributed by atoms with Crippen molar-refractivity contribution >= 4 is 34.5 Å². The van der Waals surface area contributed by atoms with Gasteiger partial charge in [-0.1, -0.05) is 19.4 Å². The van der Waals surface area contributed by atoms with Gasteiger partial charge in [-0.3, -0.25) is 14.4 Å². The number of hydrogen-bond acceptors (Lipinski definition) is 6. The van der Waals surface area contributed by atoms with Crippen LogP contribution in [-0.2, 0) is 25.5 Å². The highest BCUT2D eigenvalue weighted by Gasteiger charge is 2.60. The number of fused-ring (bicyclic) bond motifs is 6. The first-order valence-electron chi connectivity index (χ1n) is 16.2. The van der Waals surface area contributed by atoms with E-state index >= 15 is 0 Å². The summed E-state index contributed by atoms with van der Waals surface area (Å²) in [5, 5.41) is 13.2. The van der Waals surface area contributed by atoms with E-state index in [1.165, 1.54) is 5.57 Å². The molecule has 1 heterocycles. The van der Waals surface area contributed by atoms with Crippen LogP contribution in [0, 0.1) is 28.6 Å². The van der Waals surface area contributed by atoms with Crippen LogP contribution in [0.15, 0.2) is 29.8 Å². The van der Waals surface area contributed by atoms with Crippen LogP contribution in [0.4, 0.5) is 0 Å². The van der Waals surface area contributed by atoms with E-state index < -0.39 is 5.97 Å². The Morgan fingerprint density at radius 1 is 1.05 bits per heavy atom. The lowest BCUT2D eigenvalue weighted by Crippen LogP contribution is -2.51. The molecule has 0 bridgehead atoms. The Hall–Kier alpha value is -3.62. The van der Waals surface area contributed by atoms with E-state index in [1.54, 1.807) is 25.3 Å². The number of carbonyl (C=O) groups excluding carboxylic acids is 3. The van der Waals surface area contributed by atoms with Gasteiger partial charge in [-0.15, -0.1) is 0 Å². The molecule has 0 spiro atoms. The first-order valence-corrected chi connectivity index (χ1v) is 16.2. The number of carboxylic acids is 1. The molecule has 4 aliphatic rings. The predicted octanol–water partition coefficient (Wildman–Crippen LogP) is 5.76. The van der Waals surface area contributed by atoms with Crippen LogP contribution in [0.2, 0.25) is 0 Å². The number of benzene rings is 1. The van der Waals surface area contributed by atoms with Crippen LogP contribution in [0.25, 0.3) is 10.9 Å². The second kappa shape index (κ2) is 11.7. The minimum atomic E-state index is -1.06. The first kappa shape index (κ1) is 30.4. The minimum absolute atomic E-state index is 0.0139. The van der Waals surface area contributed by atoms with Crippen LogP contribution in [0.1, 0.15) is 94.1 Å². The lowest BCUT2D eigenvalue weighted by molar-refractivity contribution is -0.160. The van der Waals surface area contributed by atoms with E-state index in [0.717, 1.165) is 50.3 Å². The topological polar surface area (TPSA) is 135 Å². The Morgan fingerprint density at radius 3 is 2.64 bits per heavy atom. The Morgan fingerprint density at radius 2 is 1.86 bits per heavy atom. The summed E-state index contributed by atoms with van der Waals surface area (Å²) in [6.07, 6.45) is 9.94. The number of carbonyl (C=O) groups is 4. The third-order valence-corrected chi connectivity index (χ3v) is 11.7. The zero-order chi connectivity index (χ0) is 31.2. The van der Waals surface area contributed by atoms with Crippen LogP contribution in [0.3, 0.4) is 0 Å². The highest BCUT2D eigenvalue weighted by molar-refractivity contribution is 5.98. The first-order chi connectivity index (χ1) is 21.0. The molecule has 9 nitrogen and oxygen atoms in total. The number of aromatic amines is 1. The van der Waals surface area contributed by atoms with Crippen molar-refractivity contribution < 1.29 is 33.8 Å². The molecule has 3 N–H and O–H groups in total. The van der Waals surface area contributed by atoms with Crippen molar-refractivity contribution in [2.75, 3.05) is 13.7 Å². The summed E-state index contributed by atoms with van der Waals surface area (Å²) < 4.78 is 11.4. The van der Waals surface area contributed by atoms with Gasteiger partial charge in [0.25, 0.3) is 0 Å². The normalized spacial score (nSPS) is 31.0. The summed E-state index contributed by atoms with van der Waals surface area (Å²) >= 11 is 0. The fourth-order valence-electron chi connectivity index (χ4n) is 9.35. The summed E-state index contributed by atoms with van der Waals surface area (Å²) in [5.41, 5.74) is 2.81. The number of carboxylic acid groups (broad SMARTS) is 1. The number of aromatic nitrogens is 1. The molecule has 6 rings (SSSR count). The van der Waals surface area contributed by atoms with E-state index in [1.807, 2.05) is 6.08 Å². The summed E-state index contributed by atoms with van der Waals surface area (Å²) in [4.78, 5) is 52.4. The van der Waals surface area contributed by atoms with E-state index in [9.17, 15) is 24.3 Å². The number of hydrogen-bond donors (Lipinski definition) is 3. The van der Waals surface area contributed by atoms with E-state index in [4.69, 9.17) is 9.47 Å². The number of aromatic carboxylic acids is 1.